The van der Waals surface area contributed by atoms with Gasteiger partial charge in [0.25, 0.3) is 5.91 Å². The molecule has 0 atom stereocenters. The summed E-state index contributed by atoms with van der Waals surface area (Å²) in [4.78, 5) is 22.8. The van der Waals surface area contributed by atoms with Crippen LogP contribution in [0.1, 0.15) is 29.2 Å². The predicted octanol–water partition coefficient (Wildman–Crippen LogP) is 5.07. The molecule has 5 rings (SSSR count). The summed E-state index contributed by atoms with van der Waals surface area (Å²) < 4.78 is 1.86. The Balaban J connectivity index is 1.50. The van der Waals surface area contributed by atoms with E-state index in [0.29, 0.717) is 16.6 Å². The van der Waals surface area contributed by atoms with Gasteiger partial charge in [-0.15, -0.1) is 0 Å². The maximum Gasteiger partial charge on any atom is 0.276 e. The van der Waals surface area contributed by atoms with E-state index in [1.807, 2.05) is 60.1 Å². The molecule has 4 aromatic rings. The normalized spacial score (nSPS) is 13.7. The first-order chi connectivity index (χ1) is 14.5. The van der Waals surface area contributed by atoms with Gasteiger partial charge in [-0.25, -0.2) is 4.98 Å². The molecular formula is C23H22ClN5O. The van der Waals surface area contributed by atoms with Crippen molar-refractivity contribution in [3.63, 3.8) is 0 Å². The van der Waals surface area contributed by atoms with E-state index in [1.54, 1.807) is 11.9 Å². The van der Waals surface area contributed by atoms with Gasteiger partial charge in [-0.1, -0.05) is 23.7 Å². The van der Waals surface area contributed by atoms with Crippen LogP contribution in [-0.2, 0) is 6.54 Å². The fraction of sp³-hybridized carbons (Fsp3) is 0.261. The van der Waals surface area contributed by atoms with E-state index in [4.69, 9.17) is 16.7 Å². The number of H-pyrrole nitrogens is 1. The highest BCUT2D eigenvalue weighted by molar-refractivity contribution is 6.30. The number of imidazole rings is 1. The third kappa shape index (κ3) is 3.59. The molecule has 1 amide bonds. The fourth-order valence-electron chi connectivity index (χ4n) is 3.66. The average Bonchev–Trinajstić information content (AvgIpc) is 3.32. The Morgan fingerprint density at radius 1 is 1.20 bits per heavy atom. The number of carbonyl (C=O) groups excluding carboxylic acids is 1. The summed E-state index contributed by atoms with van der Waals surface area (Å²) in [6.07, 6.45) is 2.38. The third-order valence-electron chi connectivity index (χ3n) is 5.54. The number of hydrogen-bond acceptors (Lipinski definition) is 3. The second-order valence-corrected chi connectivity index (χ2v) is 8.37. The van der Waals surface area contributed by atoms with E-state index in [9.17, 15) is 4.79 Å². The molecule has 0 radical (unpaired) electrons. The lowest BCUT2D eigenvalue weighted by molar-refractivity contribution is 0.0982. The Bertz CT molecular complexity index is 1240. The van der Waals surface area contributed by atoms with Crippen LogP contribution in [0.3, 0.4) is 0 Å². The van der Waals surface area contributed by atoms with E-state index < -0.39 is 0 Å². The second-order valence-electron chi connectivity index (χ2n) is 7.94. The van der Waals surface area contributed by atoms with Crippen LogP contribution in [0.5, 0.6) is 0 Å². The molecule has 2 aromatic heterocycles. The Kier molecular flexibility index (Phi) is 4.59. The lowest BCUT2D eigenvalue weighted by Crippen LogP contribution is -2.29. The lowest BCUT2D eigenvalue weighted by atomic mass is 10.1. The van der Waals surface area contributed by atoms with Crippen LogP contribution in [0.2, 0.25) is 5.02 Å². The Labute approximate surface area is 179 Å². The molecule has 2 heterocycles. The number of aryl methyl sites for hydroxylation is 1. The highest BCUT2D eigenvalue weighted by Gasteiger charge is 2.27. The summed E-state index contributed by atoms with van der Waals surface area (Å²) in [7, 11) is 1.79. The summed E-state index contributed by atoms with van der Waals surface area (Å²) >= 11 is 6.02. The average molecular weight is 420 g/mol. The fourth-order valence-corrected chi connectivity index (χ4v) is 3.78. The van der Waals surface area contributed by atoms with Crippen LogP contribution in [0, 0.1) is 12.8 Å². The Hall–Kier alpha value is -3.12. The van der Waals surface area contributed by atoms with Gasteiger partial charge in [-0.3, -0.25) is 9.48 Å². The van der Waals surface area contributed by atoms with E-state index in [1.165, 1.54) is 12.8 Å². The van der Waals surface area contributed by atoms with E-state index in [0.717, 1.165) is 40.3 Å². The van der Waals surface area contributed by atoms with Gasteiger partial charge >= 0.3 is 0 Å². The minimum absolute atomic E-state index is 0.0843. The van der Waals surface area contributed by atoms with Gasteiger partial charge in [0.2, 0.25) is 0 Å². The maximum atomic E-state index is 13.4. The van der Waals surface area contributed by atoms with Crippen molar-refractivity contribution in [2.45, 2.75) is 26.3 Å². The quantitative estimate of drug-likeness (QED) is 0.490. The Morgan fingerprint density at radius 3 is 2.70 bits per heavy atom. The summed E-state index contributed by atoms with van der Waals surface area (Å²) in [6, 6.07) is 15.2. The smallest absolute Gasteiger partial charge is 0.276 e. The SMILES string of the molecule is Cc1nc2ccc(N(C)C(=O)c3cc(-c4ccc(Cl)cc4)nn3CC3CC3)cc2[nH]1. The van der Waals surface area contributed by atoms with Crippen molar-refractivity contribution >= 4 is 34.2 Å². The summed E-state index contributed by atoms with van der Waals surface area (Å²) in [5.41, 5.74) is 4.93. The summed E-state index contributed by atoms with van der Waals surface area (Å²) in [6.45, 7) is 2.69. The number of nitrogens with zero attached hydrogens (tertiary/aromatic N) is 4. The van der Waals surface area contributed by atoms with Crippen LogP contribution >= 0.6 is 11.6 Å². The molecule has 1 aliphatic rings. The zero-order chi connectivity index (χ0) is 20.8. The molecule has 7 heteroatoms. The van der Waals surface area contributed by atoms with Gasteiger partial charge in [0.05, 0.1) is 16.7 Å². The van der Waals surface area contributed by atoms with E-state index >= 15 is 0 Å². The molecule has 2 aromatic carbocycles. The Morgan fingerprint density at radius 2 is 1.97 bits per heavy atom. The van der Waals surface area contributed by atoms with Gasteiger partial charge in [0, 0.05) is 29.9 Å². The number of amides is 1. The molecule has 6 nitrogen and oxygen atoms in total. The molecule has 0 unspecified atom stereocenters. The number of fused-ring (bicyclic) bond motifs is 1. The highest BCUT2D eigenvalue weighted by Crippen LogP contribution is 2.32. The van der Waals surface area contributed by atoms with Crippen molar-refractivity contribution in [2.24, 2.45) is 5.92 Å². The molecule has 1 fully saturated rings. The standard InChI is InChI=1S/C23H22ClN5O/c1-14-25-19-10-9-18(11-21(19)26-14)28(2)23(30)22-12-20(16-5-7-17(24)8-6-16)27-29(22)13-15-3-4-15/h5-12,15H,3-4,13H2,1-2H3,(H,25,26). The predicted molar refractivity (Wildman–Crippen MR) is 119 cm³/mol. The number of aromatic amines is 1. The third-order valence-corrected chi connectivity index (χ3v) is 5.79. The van der Waals surface area contributed by atoms with Crippen molar-refractivity contribution in [1.29, 1.82) is 0 Å². The van der Waals surface area contributed by atoms with E-state index in [2.05, 4.69) is 9.97 Å². The van der Waals surface area contributed by atoms with Crippen molar-refractivity contribution in [2.75, 3.05) is 11.9 Å². The molecule has 0 bridgehead atoms. The molecule has 30 heavy (non-hydrogen) atoms. The van der Waals surface area contributed by atoms with E-state index in [-0.39, 0.29) is 5.91 Å². The first-order valence-corrected chi connectivity index (χ1v) is 10.4. The summed E-state index contributed by atoms with van der Waals surface area (Å²) in [5.74, 6) is 1.37. The largest absolute Gasteiger partial charge is 0.342 e. The van der Waals surface area contributed by atoms with Crippen molar-refractivity contribution in [1.82, 2.24) is 19.7 Å². The maximum absolute atomic E-state index is 13.4. The first-order valence-electron chi connectivity index (χ1n) is 10.1. The van der Waals surface area contributed by atoms with Crippen LogP contribution in [-0.4, -0.2) is 32.7 Å². The van der Waals surface area contributed by atoms with Gasteiger partial charge < -0.3 is 9.88 Å². The number of halogens is 1. The molecular weight excluding hydrogens is 398 g/mol. The van der Waals surface area contributed by atoms with Crippen molar-refractivity contribution < 1.29 is 4.79 Å². The molecule has 0 aliphatic heterocycles. The second kappa shape index (κ2) is 7.29. The monoisotopic (exact) mass is 419 g/mol. The first kappa shape index (κ1) is 18.9. The highest BCUT2D eigenvalue weighted by atomic mass is 35.5. The minimum Gasteiger partial charge on any atom is -0.342 e. The minimum atomic E-state index is -0.0843. The zero-order valence-corrected chi connectivity index (χ0v) is 17.6. The van der Waals surface area contributed by atoms with Crippen LogP contribution in [0.15, 0.2) is 48.5 Å². The molecule has 152 valence electrons. The van der Waals surface area contributed by atoms with Gasteiger partial charge in [0.15, 0.2) is 0 Å². The number of benzene rings is 2. The number of anilines is 1. The molecule has 1 aliphatic carbocycles. The lowest BCUT2D eigenvalue weighted by Gasteiger charge is -2.18. The zero-order valence-electron chi connectivity index (χ0n) is 16.9. The van der Waals surface area contributed by atoms with Gasteiger partial charge in [-0.05, 0) is 62.1 Å². The van der Waals surface area contributed by atoms with Crippen molar-refractivity contribution in [3.05, 3.63) is 65.1 Å². The topological polar surface area (TPSA) is 66.8 Å². The van der Waals surface area contributed by atoms with Gasteiger partial charge in [-0.2, -0.15) is 5.10 Å². The molecule has 0 saturated heterocycles. The summed E-state index contributed by atoms with van der Waals surface area (Å²) in [5, 5.41) is 5.43. The number of carbonyl (C=O) groups is 1. The van der Waals surface area contributed by atoms with Crippen molar-refractivity contribution in [3.8, 4) is 11.3 Å². The van der Waals surface area contributed by atoms with Gasteiger partial charge in [0.1, 0.15) is 11.5 Å². The number of aromatic nitrogens is 4. The van der Waals surface area contributed by atoms with Crippen LogP contribution < -0.4 is 4.90 Å². The number of hydrogen-bond donors (Lipinski definition) is 1. The van der Waals surface area contributed by atoms with Crippen LogP contribution in [0.4, 0.5) is 5.69 Å². The van der Waals surface area contributed by atoms with Crippen LogP contribution in [0.25, 0.3) is 22.3 Å². The molecule has 1 saturated carbocycles. The molecule has 1 N–H and O–H groups in total. The molecule has 0 spiro atoms. The number of nitrogens with one attached hydrogen (secondary N) is 1. The number of rotatable bonds is 5.